The van der Waals surface area contributed by atoms with E-state index in [1.807, 2.05) is 18.2 Å². The SMILES string of the molecule is COC(=O)c1[nH]c2cccc(OC)c2c1NC(=O)c1cc2ccccc2o1. The van der Waals surface area contributed by atoms with Gasteiger partial charge in [-0.2, -0.15) is 0 Å². The van der Waals surface area contributed by atoms with Crippen LogP contribution in [0.25, 0.3) is 21.9 Å². The molecule has 7 nitrogen and oxygen atoms in total. The molecule has 2 aromatic heterocycles. The Hall–Kier alpha value is -3.74. The van der Waals surface area contributed by atoms with Gasteiger partial charge in [0.25, 0.3) is 5.91 Å². The fourth-order valence-corrected chi connectivity index (χ4v) is 3.03. The van der Waals surface area contributed by atoms with Crippen molar-refractivity contribution < 1.29 is 23.5 Å². The summed E-state index contributed by atoms with van der Waals surface area (Å²) >= 11 is 0. The van der Waals surface area contributed by atoms with E-state index >= 15 is 0 Å². The van der Waals surface area contributed by atoms with E-state index in [0.29, 0.717) is 22.2 Å². The molecule has 0 aliphatic carbocycles. The third-order valence-corrected chi connectivity index (χ3v) is 4.28. The number of aromatic nitrogens is 1. The average molecular weight is 364 g/mol. The fourth-order valence-electron chi connectivity index (χ4n) is 3.03. The maximum Gasteiger partial charge on any atom is 0.356 e. The molecular weight excluding hydrogens is 348 g/mol. The topological polar surface area (TPSA) is 93.6 Å². The first kappa shape index (κ1) is 16.7. The van der Waals surface area contributed by atoms with Crippen LogP contribution in [0, 0.1) is 0 Å². The number of carbonyl (C=O) groups is 2. The van der Waals surface area contributed by atoms with Crippen LogP contribution < -0.4 is 10.1 Å². The lowest BCUT2D eigenvalue weighted by molar-refractivity contribution is 0.0596. The minimum atomic E-state index is -0.604. The number of hydrogen-bond acceptors (Lipinski definition) is 5. The molecule has 27 heavy (non-hydrogen) atoms. The van der Waals surface area contributed by atoms with Crippen molar-refractivity contribution in [2.24, 2.45) is 0 Å². The molecule has 0 bridgehead atoms. The first-order valence-corrected chi connectivity index (χ1v) is 8.19. The molecule has 0 saturated carbocycles. The molecule has 4 rings (SSSR count). The van der Waals surface area contributed by atoms with E-state index in [1.54, 1.807) is 30.3 Å². The number of rotatable bonds is 4. The number of amides is 1. The van der Waals surface area contributed by atoms with Crippen LogP contribution in [-0.4, -0.2) is 31.1 Å². The Labute approximate surface area is 153 Å². The Morgan fingerprint density at radius 3 is 2.63 bits per heavy atom. The van der Waals surface area contributed by atoms with E-state index in [-0.39, 0.29) is 17.1 Å². The van der Waals surface area contributed by atoms with Crippen molar-refractivity contribution in [1.82, 2.24) is 4.98 Å². The molecule has 0 atom stereocenters. The quantitative estimate of drug-likeness (QED) is 0.535. The van der Waals surface area contributed by atoms with Gasteiger partial charge in [-0.05, 0) is 24.3 Å². The Balaban J connectivity index is 1.81. The van der Waals surface area contributed by atoms with Gasteiger partial charge < -0.3 is 24.2 Å². The summed E-state index contributed by atoms with van der Waals surface area (Å²) in [5, 5.41) is 4.14. The van der Waals surface area contributed by atoms with Crippen molar-refractivity contribution in [2.75, 3.05) is 19.5 Å². The number of methoxy groups -OCH3 is 2. The molecular formula is C20H16N2O5. The van der Waals surface area contributed by atoms with Crippen LogP contribution in [0.4, 0.5) is 5.69 Å². The van der Waals surface area contributed by atoms with Crippen LogP contribution in [0.3, 0.4) is 0 Å². The highest BCUT2D eigenvalue weighted by molar-refractivity contribution is 6.15. The number of furan rings is 1. The zero-order valence-corrected chi connectivity index (χ0v) is 14.7. The van der Waals surface area contributed by atoms with E-state index in [1.165, 1.54) is 14.2 Å². The second-order valence-electron chi connectivity index (χ2n) is 5.85. The number of benzene rings is 2. The first-order valence-electron chi connectivity index (χ1n) is 8.19. The van der Waals surface area contributed by atoms with Gasteiger partial charge in [-0.1, -0.05) is 24.3 Å². The number of anilines is 1. The molecule has 0 saturated heterocycles. The van der Waals surface area contributed by atoms with Crippen LogP contribution in [0.5, 0.6) is 5.75 Å². The predicted octanol–water partition coefficient (Wildman–Crippen LogP) is 3.96. The number of carbonyl (C=O) groups excluding carboxylic acids is 2. The van der Waals surface area contributed by atoms with E-state index in [2.05, 4.69) is 10.3 Å². The van der Waals surface area contributed by atoms with Gasteiger partial charge in [0.2, 0.25) is 0 Å². The monoisotopic (exact) mass is 364 g/mol. The molecule has 2 aromatic carbocycles. The largest absolute Gasteiger partial charge is 0.496 e. The molecule has 1 amide bonds. The second kappa shape index (κ2) is 6.53. The molecule has 7 heteroatoms. The van der Waals surface area contributed by atoms with Gasteiger partial charge in [0.05, 0.1) is 30.8 Å². The number of nitrogens with one attached hydrogen (secondary N) is 2. The normalized spacial score (nSPS) is 10.9. The van der Waals surface area contributed by atoms with Crippen molar-refractivity contribution in [2.45, 2.75) is 0 Å². The third kappa shape index (κ3) is 2.79. The van der Waals surface area contributed by atoms with Gasteiger partial charge >= 0.3 is 5.97 Å². The summed E-state index contributed by atoms with van der Waals surface area (Å²) in [5.74, 6) is -0.439. The van der Waals surface area contributed by atoms with Crippen molar-refractivity contribution in [3.05, 3.63) is 60.0 Å². The van der Waals surface area contributed by atoms with Gasteiger partial charge in [-0.15, -0.1) is 0 Å². The Morgan fingerprint density at radius 2 is 1.89 bits per heavy atom. The van der Waals surface area contributed by atoms with Crippen LogP contribution in [0.15, 0.2) is 52.9 Å². The minimum absolute atomic E-state index is 0.126. The summed E-state index contributed by atoms with van der Waals surface area (Å²) < 4.78 is 15.8. The number of fused-ring (bicyclic) bond motifs is 2. The predicted molar refractivity (Wildman–Crippen MR) is 100 cm³/mol. The zero-order valence-electron chi connectivity index (χ0n) is 14.7. The molecule has 0 fully saturated rings. The van der Waals surface area contributed by atoms with E-state index < -0.39 is 11.9 Å². The Kier molecular flexibility index (Phi) is 4.04. The van der Waals surface area contributed by atoms with Crippen molar-refractivity contribution >= 4 is 39.4 Å². The van der Waals surface area contributed by atoms with Crippen LogP contribution in [-0.2, 0) is 4.74 Å². The number of esters is 1. The highest BCUT2D eigenvalue weighted by Gasteiger charge is 2.24. The molecule has 2 N–H and O–H groups in total. The van der Waals surface area contributed by atoms with Gasteiger partial charge in [-0.3, -0.25) is 4.79 Å². The van der Waals surface area contributed by atoms with E-state index in [9.17, 15) is 9.59 Å². The second-order valence-corrected chi connectivity index (χ2v) is 5.85. The maximum absolute atomic E-state index is 12.8. The standard InChI is InChI=1S/C20H16N2O5/c1-25-14-9-5-7-12-16(14)17(18(21-12)20(24)26-2)22-19(23)15-10-11-6-3-4-8-13(11)27-15/h3-10,21H,1-2H3,(H,22,23). The summed E-state index contributed by atoms with van der Waals surface area (Å²) in [6.07, 6.45) is 0. The summed E-state index contributed by atoms with van der Waals surface area (Å²) in [4.78, 5) is 27.9. The molecule has 2 heterocycles. The lowest BCUT2D eigenvalue weighted by atomic mass is 10.2. The summed E-state index contributed by atoms with van der Waals surface area (Å²) in [6, 6.07) is 14.3. The van der Waals surface area contributed by atoms with Gasteiger partial charge in [0, 0.05) is 5.39 Å². The number of H-pyrrole nitrogens is 1. The summed E-state index contributed by atoms with van der Waals surface area (Å²) in [6.45, 7) is 0. The fraction of sp³-hybridized carbons (Fsp3) is 0.100. The molecule has 4 aromatic rings. The summed E-state index contributed by atoms with van der Waals surface area (Å²) in [7, 11) is 2.79. The third-order valence-electron chi connectivity index (χ3n) is 4.28. The average Bonchev–Trinajstić information content (AvgIpc) is 3.29. The van der Waals surface area contributed by atoms with E-state index in [0.717, 1.165) is 5.39 Å². The molecule has 0 aliphatic rings. The first-order chi connectivity index (χ1) is 13.1. The molecule has 0 spiro atoms. The summed E-state index contributed by atoms with van der Waals surface area (Å²) in [5.41, 5.74) is 1.64. The zero-order chi connectivity index (χ0) is 19.0. The van der Waals surface area contributed by atoms with Crippen LogP contribution >= 0.6 is 0 Å². The number of aromatic amines is 1. The molecule has 0 aliphatic heterocycles. The minimum Gasteiger partial charge on any atom is -0.496 e. The lowest BCUT2D eigenvalue weighted by Crippen LogP contribution is -2.14. The smallest absolute Gasteiger partial charge is 0.356 e. The van der Waals surface area contributed by atoms with Gasteiger partial charge in [0.1, 0.15) is 17.0 Å². The van der Waals surface area contributed by atoms with E-state index in [4.69, 9.17) is 13.9 Å². The van der Waals surface area contributed by atoms with Crippen LogP contribution in [0.1, 0.15) is 21.0 Å². The maximum atomic E-state index is 12.8. The Morgan fingerprint density at radius 1 is 1.07 bits per heavy atom. The molecule has 0 radical (unpaired) electrons. The van der Waals surface area contributed by atoms with Crippen molar-refractivity contribution in [3.8, 4) is 5.75 Å². The van der Waals surface area contributed by atoms with Crippen molar-refractivity contribution in [3.63, 3.8) is 0 Å². The van der Waals surface area contributed by atoms with Gasteiger partial charge in [0.15, 0.2) is 5.76 Å². The van der Waals surface area contributed by atoms with Crippen molar-refractivity contribution in [1.29, 1.82) is 0 Å². The van der Waals surface area contributed by atoms with Crippen LogP contribution in [0.2, 0.25) is 0 Å². The molecule has 136 valence electrons. The van der Waals surface area contributed by atoms with Gasteiger partial charge in [-0.25, -0.2) is 4.79 Å². The highest BCUT2D eigenvalue weighted by atomic mass is 16.5. The number of ether oxygens (including phenoxy) is 2. The molecule has 0 unspecified atom stereocenters. The highest BCUT2D eigenvalue weighted by Crippen LogP contribution is 2.36. The number of hydrogen-bond donors (Lipinski definition) is 2. The number of para-hydroxylation sites is 1. The Bertz CT molecular complexity index is 1140. The lowest BCUT2D eigenvalue weighted by Gasteiger charge is -2.07.